The van der Waals surface area contributed by atoms with Gasteiger partial charge in [-0.2, -0.15) is 0 Å². The molecule has 5 heteroatoms. The van der Waals surface area contributed by atoms with E-state index in [1.807, 2.05) is 13.8 Å². The molecule has 1 aromatic carbocycles. The zero-order valence-corrected chi connectivity index (χ0v) is 14.6. The van der Waals surface area contributed by atoms with E-state index in [4.69, 9.17) is 0 Å². The van der Waals surface area contributed by atoms with E-state index in [0.717, 1.165) is 18.5 Å². The van der Waals surface area contributed by atoms with Crippen molar-refractivity contribution in [2.75, 3.05) is 6.54 Å². The molecule has 0 bridgehead atoms. The van der Waals surface area contributed by atoms with Crippen molar-refractivity contribution in [2.45, 2.75) is 41.8 Å². The van der Waals surface area contributed by atoms with E-state index in [1.165, 1.54) is 0 Å². The summed E-state index contributed by atoms with van der Waals surface area (Å²) >= 11 is 3.39. The number of halogens is 1. The number of nitrogens with one attached hydrogen (secondary N) is 1. The van der Waals surface area contributed by atoms with Crippen molar-refractivity contribution < 1.29 is 8.42 Å². The van der Waals surface area contributed by atoms with Crippen LogP contribution < -0.4 is 5.32 Å². The summed E-state index contributed by atoms with van der Waals surface area (Å²) in [4.78, 5) is 0.313. The summed E-state index contributed by atoms with van der Waals surface area (Å²) < 4.78 is 24.5. The molecule has 0 saturated heterocycles. The molecular formula is C15H22BrNO2S. The topological polar surface area (TPSA) is 46.2 Å². The van der Waals surface area contributed by atoms with E-state index in [1.54, 1.807) is 37.3 Å². The summed E-state index contributed by atoms with van der Waals surface area (Å²) in [7, 11) is -3.51. The van der Waals surface area contributed by atoms with Crippen LogP contribution in [-0.4, -0.2) is 24.7 Å². The molecule has 0 aliphatic heterocycles. The van der Waals surface area contributed by atoms with Crippen LogP contribution in [0.25, 0.3) is 0 Å². The first-order valence-electron chi connectivity index (χ1n) is 6.63. The molecule has 1 aromatic rings. The highest BCUT2D eigenvalue weighted by molar-refractivity contribution is 9.11. The van der Waals surface area contributed by atoms with Crippen LogP contribution in [0.5, 0.6) is 0 Å². The normalized spacial score (nSPS) is 16.4. The second kappa shape index (κ2) is 6.87. The molecule has 0 amide bonds. The lowest BCUT2D eigenvalue weighted by Crippen LogP contribution is -2.48. The van der Waals surface area contributed by atoms with Gasteiger partial charge in [0, 0.05) is 0 Å². The molecule has 0 fully saturated rings. The van der Waals surface area contributed by atoms with Crippen molar-refractivity contribution in [1.82, 2.24) is 5.32 Å². The predicted molar refractivity (Wildman–Crippen MR) is 88.0 cm³/mol. The lowest BCUT2D eigenvalue weighted by molar-refractivity contribution is 0.522. The molecule has 1 rings (SSSR count). The fourth-order valence-electron chi connectivity index (χ4n) is 1.89. The average Bonchev–Trinajstić information content (AvgIpc) is 2.39. The minimum Gasteiger partial charge on any atom is -0.308 e. The SMILES string of the molecule is C=CC(NCCC)C(C)(Br)S(=O)(=O)c1ccc(C)cc1. The van der Waals surface area contributed by atoms with Crippen molar-refractivity contribution in [3.05, 3.63) is 42.5 Å². The molecular weight excluding hydrogens is 338 g/mol. The minimum atomic E-state index is -3.51. The number of hydrogen-bond acceptors (Lipinski definition) is 3. The Balaban J connectivity index is 3.16. The molecule has 0 spiro atoms. The lowest BCUT2D eigenvalue weighted by Gasteiger charge is -2.31. The minimum absolute atomic E-state index is 0.313. The molecule has 0 aliphatic rings. The van der Waals surface area contributed by atoms with Gasteiger partial charge in [0.1, 0.15) is 3.66 Å². The Morgan fingerprint density at radius 1 is 1.40 bits per heavy atom. The highest BCUT2D eigenvalue weighted by Gasteiger charge is 2.43. The summed E-state index contributed by atoms with van der Waals surface area (Å²) in [6.45, 7) is 10.1. The molecule has 0 aliphatic carbocycles. The van der Waals surface area contributed by atoms with Crippen molar-refractivity contribution in [2.24, 2.45) is 0 Å². The Kier molecular flexibility index (Phi) is 5.98. The number of aryl methyl sites for hydroxylation is 1. The van der Waals surface area contributed by atoms with Gasteiger partial charge in [0.2, 0.25) is 0 Å². The highest BCUT2D eigenvalue weighted by atomic mass is 79.9. The van der Waals surface area contributed by atoms with Gasteiger partial charge in [-0.05, 0) is 38.9 Å². The summed E-state index contributed by atoms with van der Waals surface area (Å²) in [5, 5.41) is 3.20. The summed E-state index contributed by atoms with van der Waals surface area (Å²) in [6.07, 6.45) is 2.56. The van der Waals surface area contributed by atoms with Gasteiger partial charge in [-0.1, -0.05) is 46.6 Å². The number of alkyl halides is 1. The summed E-state index contributed by atoms with van der Waals surface area (Å²) in [5.74, 6) is 0. The van der Waals surface area contributed by atoms with E-state index >= 15 is 0 Å². The van der Waals surface area contributed by atoms with Crippen molar-refractivity contribution in [3.8, 4) is 0 Å². The van der Waals surface area contributed by atoms with E-state index in [9.17, 15) is 8.42 Å². The fourth-order valence-corrected chi connectivity index (χ4v) is 4.27. The van der Waals surface area contributed by atoms with Crippen LogP contribution in [0.1, 0.15) is 25.8 Å². The quantitative estimate of drug-likeness (QED) is 0.599. The number of rotatable bonds is 7. The Morgan fingerprint density at radius 2 is 1.95 bits per heavy atom. The van der Waals surface area contributed by atoms with Gasteiger partial charge >= 0.3 is 0 Å². The molecule has 1 N–H and O–H groups in total. The molecule has 3 nitrogen and oxygen atoms in total. The van der Waals surface area contributed by atoms with Gasteiger partial charge < -0.3 is 5.32 Å². The van der Waals surface area contributed by atoms with Crippen LogP contribution in [-0.2, 0) is 9.84 Å². The van der Waals surface area contributed by atoms with Gasteiger partial charge in [-0.3, -0.25) is 0 Å². The van der Waals surface area contributed by atoms with Gasteiger partial charge in [-0.25, -0.2) is 8.42 Å². The monoisotopic (exact) mass is 359 g/mol. The van der Waals surface area contributed by atoms with E-state index in [0.29, 0.717) is 4.90 Å². The van der Waals surface area contributed by atoms with Gasteiger partial charge in [0.15, 0.2) is 9.84 Å². The third kappa shape index (κ3) is 3.51. The molecule has 0 aromatic heterocycles. The van der Waals surface area contributed by atoms with E-state index in [2.05, 4.69) is 27.8 Å². The zero-order valence-electron chi connectivity index (χ0n) is 12.2. The molecule has 2 atom stereocenters. The van der Waals surface area contributed by atoms with Crippen LogP contribution in [0, 0.1) is 6.92 Å². The van der Waals surface area contributed by atoms with Gasteiger partial charge in [0.05, 0.1) is 10.9 Å². The van der Waals surface area contributed by atoms with Crippen molar-refractivity contribution >= 4 is 25.8 Å². The highest BCUT2D eigenvalue weighted by Crippen LogP contribution is 2.35. The molecule has 112 valence electrons. The fraction of sp³-hybridized carbons (Fsp3) is 0.467. The van der Waals surface area contributed by atoms with Crippen molar-refractivity contribution in [1.29, 1.82) is 0 Å². The second-order valence-electron chi connectivity index (χ2n) is 4.97. The average molecular weight is 360 g/mol. The van der Waals surface area contributed by atoms with Crippen LogP contribution >= 0.6 is 15.9 Å². The first kappa shape index (κ1) is 17.4. The Morgan fingerprint density at radius 3 is 2.40 bits per heavy atom. The summed E-state index contributed by atoms with van der Waals surface area (Å²) in [5.41, 5.74) is 1.03. The zero-order chi connectivity index (χ0) is 15.4. The van der Waals surface area contributed by atoms with Gasteiger partial charge in [-0.15, -0.1) is 6.58 Å². The predicted octanol–water partition coefficient (Wildman–Crippen LogP) is 3.43. The molecule has 2 unspecified atom stereocenters. The van der Waals surface area contributed by atoms with Crippen LogP contribution in [0.15, 0.2) is 41.8 Å². The largest absolute Gasteiger partial charge is 0.308 e. The second-order valence-corrected chi connectivity index (χ2v) is 9.47. The number of hydrogen-bond donors (Lipinski definition) is 1. The Labute approximate surface area is 130 Å². The molecule has 0 radical (unpaired) electrons. The standard InChI is InChI=1S/C15H22BrNO2S/c1-5-11-17-14(6-2)15(4,16)20(18,19)13-9-7-12(3)8-10-13/h6-10,14,17H,2,5,11H2,1,3-4H3. The lowest BCUT2D eigenvalue weighted by atomic mass is 10.2. The Bertz CT molecular complexity index is 550. The Hall–Kier alpha value is -0.650. The maximum absolute atomic E-state index is 12.8. The number of sulfone groups is 1. The van der Waals surface area contributed by atoms with Gasteiger partial charge in [0.25, 0.3) is 0 Å². The third-order valence-electron chi connectivity index (χ3n) is 3.26. The molecule has 0 heterocycles. The summed E-state index contributed by atoms with van der Waals surface area (Å²) in [6, 6.07) is 6.53. The number of benzene rings is 1. The first-order chi connectivity index (χ1) is 9.27. The molecule has 0 saturated carbocycles. The third-order valence-corrected chi connectivity index (χ3v) is 7.23. The molecule has 20 heavy (non-hydrogen) atoms. The van der Waals surface area contributed by atoms with E-state index < -0.39 is 13.5 Å². The van der Waals surface area contributed by atoms with Crippen LogP contribution in [0.4, 0.5) is 0 Å². The van der Waals surface area contributed by atoms with Crippen LogP contribution in [0.2, 0.25) is 0 Å². The maximum Gasteiger partial charge on any atom is 0.195 e. The smallest absolute Gasteiger partial charge is 0.195 e. The van der Waals surface area contributed by atoms with E-state index in [-0.39, 0.29) is 6.04 Å². The first-order valence-corrected chi connectivity index (χ1v) is 8.91. The maximum atomic E-state index is 12.8. The van der Waals surface area contributed by atoms with Crippen molar-refractivity contribution in [3.63, 3.8) is 0 Å². The van der Waals surface area contributed by atoms with Crippen LogP contribution in [0.3, 0.4) is 0 Å².